The van der Waals surface area contributed by atoms with Gasteiger partial charge in [0.05, 0.1) is 16.3 Å². The predicted molar refractivity (Wildman–Crippen MR) is 103 cm³/mol. The fourth-order valence-electron chi connectivity index (χ4n) is 2.50. The maximum absolute atomic E-state index is 13.7. The number of rotatable bonds is 3. The molecule has 1 aromatic heterocycles. The summed E-state index contributed by atoms with van der Waals surface area (Å²) < 4.78 is 19.4. The van der Waals surface area contributed by atoms with Crippen LogP contribution < -0.4 is 0 Å². The van der Waals surface area contributed by atoms with Gasteiger partial charge in [-0.15, -0.1) is 0 Å². The molecular formula is C20H11Cl2FN2O. The van der Waals surface area contributed by atoms with Crippen LogP contribution in [0, 0.1) is 5.82 Å². The highest BCUT2D eigenvalue weighted by Crippen LogP contribution is 2.32. The van der Waals surface area contributed by atoms with E-state index >= 15 is 0 Å². The Bertz CT molecular complexity index is 1140. The number of hydrogen-bond acceptors (Lipinski definition) is 3. The second kappa shape index (κ2) is 6.90. The van der Waals surface area contributed by atoms with Crippen molar-refractivity contribution in [1.29, 1.82) is 0 Å². The van der Waals surface area contributed by atoms with Crippen LogP contribution in [-0.4, -0.2) is 11.2 Å². The number of nitrogens with zero attached hydrogens (tertiary/aromatic N) is 2. The van der Waals surface area contributed by atoms with Crippen LogP contribution in [0.4, 0.5) is 10.1 Å². The Kier molecular flexibility index (Phi) is 4.45. The summed E-state index contributed by atoms with van der Waals surface area (Å²) in [5.41, 5.74) is 2.96. The zero-order valence-electron chi connectivity index (χ0n) is 13.3. The van der Waals surface area contributed by atoms with Crippen LogP contribution in [-0.2, 0) is 0 Å². The van der Waals surface area contributed by atoms with Crippen LogP contribution in [0.3, 0.4) is 0 Å². The van der Waals surface area contributed by atoms with Crippen molar-refractivity contribution in [3.8, 4) is 11.5 Å². The molecule has 0 N–H and O–H groups in total. The van der Waals surface area contributed by atoms with Crippen molar-refractivity contribution >= 4 is 46.2 Å². The Morgan fingerprint density at radius 1 is 1.00 bits per heavy atom. The summed E-state index contributed by atoms with van der Waals surface area (Å²) in [5, 5.41) is 1.00. The maximum Gasteiger partial charge on any atom is 0.228 e. The van der Waals surface area contributed by atoms with E-state index in [1.807, 2.05) is 0 Å². The first-order chi connectivity index (χ1) is 12.6. The Balaban J connectivity index is 1.69. The van der Waals surface area contributed by atoms with E-state index in [0.717, 1.165) is 0 Å². The molecule has 0 spiro atoms. The van der Waals surface area contributed by atoms with Gasteiger partial charge in [0.2, 0.25) is 5.89 Å². The minimum Gasteiger partial charge on any atom is -0.436 e. The van der Waals surface area contributed by atoms with Crippen molar-refractivity contribution in [3.63, 3.8) is 0 Å². The van der Waals surface area contributed by atoms with E-state index in [-0.39, 0.29) is 5.82 Å². The van der Waals surface area contributed by atoms with Gasteiger partial charge in [0.15, 0.2) is 5.58 Å². The van der Waals surface area contributed by atoms with E-state index in [1.54, 1.807) is 54.6 Å². The third-order valence-corrected chi connectivity index (χ3v) is 4.34. The molecule has 26 heavy (non-hydrogen) atoms. The van der Waals surface area contributed by atoms with E-state index in [1.165, 1.54) is 12.3 Å². The second-order valence-corrected chi connectivity index (χ2v) is 6.42. The average molecular weight is 385 g/mol. The SMILES string of the molecule is Fc1ccccc1C=Nc1ccc2oc(-c3ccc(Cl)cc3Cl)nc2c1. The maximum atomic E-state index is 13.7. The van der Waals surface area contributed by atoms with Crippen LogP contribution in [0.1, 0.15) is 5.56 Å². The molecule has 6 heteroatoms. The highest BCUT2D eigenvalue weighted by Gasteiger charge is 2.12. The molecule has 4 aromatic rings. The van der Waals surface area contributed by atoms with Crippen LogP contribution >= 0.6 is 23.2 Å². The van der Waals surface area contributed by atoms with Crippen molar-refractivity contribution in [2.24, 2.45) is 4.99 Å². The zero-order chi connectivity index (χ0) is 18.1. The van der Waals surface area contributed by atoms with Crippen LogP contribution in [0.5, 0.6) is 0 Å². The molecule has 0 aliphatic rings. The minimum atomic E-state index is -0.321. The Labute approximate surface area is 158 Å². The number of halogens is 3. The standard InChI is InChI=1S/C20H11Cl2FN2O/c21-13-5-7-15(16(22)9-13)20-25-18-10-14(6-8-19(18)26-20)24-11-12-3-1-2-4-17(12)23/h1-11H. The second-order valence-electron chi connectivity index (χ2n) is 5.57. The minimum absolute atomic E-state index is 0.321. The lowest BCUT2D eigenvalue weighted by atomic mass is 10.2. The number of fused-ring (bicyclic) bond motifs is 1. The van der Waals surface area contributed by atoms with Gasteiger partial charge in [0, 0.05) is 16.8 Å². The number of benzene rings is 3. The average Bonchev–Trinajstić information content (AvgIpc) is 3.04. The topological polar surface area (TPSA) is 38.4 Å². The highest BCUT2D eigenvalue weighted by atomic mass is 35.5. The molecular weight excluding hydrogens is 374 g/mol. The first kappa shape index (κ1) is 16.8. The van der Waals surface area contributed by atoms with Gasteiger partial charge >= 0.3 is 0 Å². The molecule has 0 atom stereocenters. The molecule has 0 radical (unpaired) electrons. The molecule has 0 unspecified atom stereocenters. The van der Waals surface area contributed by atoms with Gasteiger partial charge in [-0.1, -0.05) is 41.4 Å². The summed E-state index contributed by atoms with van der Waals surface area (Å²) in [6, 6.07) is 16.9. The molecule has 0 aliphatic heterocycles. The van der Waals surface area contributed by atoms with Gasteiger partial charge in [-0.05, 0) is 42.5 Å². The lowest BCUT2D eigenvalue weighted by Gasteiger charge is -1.98. The first-order valence-corrected chi connectivity index (χ1v) is 8.50. The quantitative estimate of drug-likeness (QED) is 0.369. The molecule has 4 rings (SSSR count). The van der Waals surface area contributed by atoms with E-state index in [0.29, 0.717) is 43.9 Å². The number of aromatic nitrogens is 1. The summed E-state index contributed by atoms with van der Waals surface area (Å²) in [7, 11) is 0. The van der Waals surface area contributed by atoms with E-state index < -0.39 is 0 Å². The lowest BCUT2D eigenvalue weighted by Crippen LogP contribution is -1.85. The van der Waals surface area contributed by atoms with Crippen molar-refractivity contribution in [1.82, 2.24) is 4.98 Å². The number of aliphatic imine (C=N–C) groups is 1. The molecule has 0 saturated carbocycles. The molecule has 3 nitrogen and oxygen atoms in total. The fraction of sp³-hybridized carbons (Fsp3) is 0. The van der Waals surface area contributed by atoms with Crippen molar-refractivity contribution < 1.29 is 8.81 Å². The van der Waals surface area contributed by atoms with Gasteiger partial charge in [0.25, 0.3) is 0 Å². The Morgan fingerprint density at radius 2 is 1.85 bits per heavy atom. The predicted octanol–water partition coefficient (Wildman–Crippen LogP) is 6.69. The highest BCUT2D eigenvalue weighted by molar-refractivity contribution is 6.36. The zero-order valence-corrected chi connectivity index (χ0v) is 14.8. The first-order valence-electron chi connectivity index (χ1n) is 7.75. The third-order valence-electron chi connectivity index (χ3n) is 3.79. The summed E-state index contributed by atoms with van der Waals surface area (Å²) in [5.74, 6) is 0.0790. The molecule has 0 aliphatic carbocycles. The van der Waals surface area contributed by atoms with Gasteiger partial charge in [-0.3, -0.25) is 4.99 Å². The number of oxazole rings is 1. The van der Waals surface area contributed by atoms with Gasteiger partial charge in [-0.2, -0.15) is 0 Å². The smallest absolute Gasteiger partial charge is 0.228 e. The molecule has 0 bridgehead atoms. The molecule has 1 heterocycles. The Morgan fingerprint density at radius 3 is 2.65 bits per heavy atom. The van der Waals surface area contributed by atoms with Crippen molar-refractivity contribution in [2.45, 2.75) is 0 Å². The van der Waals surface area contributed by atoms with Gasteiger partial charge in [-0.25, -0.2) is 9.37 Å². The van der Waals surface area contributed by atoms with E-state index in [4.69, 9.17) is 27.6 Å². The van der Waals surface area contributed by atoms with Crippen molar-refractivity contribution in [2.75, 3.05) is 0 Å². The molecule has 3 aromatic carbocycles. The van der Waals surface area contributed by atoms with Crippen molar-refractivity contribution in [3.05, 3.63) is 82.1 Å². The third kappa shape index (κ3) is 3.34. The van der Waals surface area contributed by atoms with Crippen LogP contribution in [0.2, 0.25) is 10.0 Å². The van der Waals surface area contributed by atoms with Crippen LogP contribution in [0.15, 0.2) is 70.1 Å². The summed E-state index contributed by atoms with van der Waals surface area (Å²) >= 11 is 12.1. The van der Waals surface area contributed by atoms with E-state index in [2.05, 4.69) is 9.98 Å². The van der Waals surface area contributed by atoms with E-state index in [9.17, 15) is 4.39 Å². The normalized spacial score (nSPS) is 11.5. The monoisotopic (exact) mass is 384 g/mol. The fourth-order valence-corrected chi connectivity index (χ4v) is 2.99. The van der Waals surface area contributed by atoms with Crippen LogP contribution in [0.25, 0.3) is 22.6 Å². The summed E-state index contributed by atoms with van der Waals surface area (Å²) in [6.45, 7) is 0. The largest absolute Gasteiger partial charge is 0.436 e. The lowest BCUT2D eigenvalue weighted by molar-refractivity contribution is 0.620. The Hall–Kier alpha value is -2.69. The van der Waals surface area contributed by atoms with Gasteiger partial charge < -0.3 is 4.42 Å². The molecule has 0 saturated heterocycles. The van der Waals surface area contributed by atoms with Gasteiger partial charge in [0.1, 0.15) is 11.3 Å². The molecule has 0 amide bonds. The molecule has 128 valence electrons. The molecule has 0 fully saturated rings. The summed E-state index contributed by atoms with van der Waals surface area (Å²) in [6.07, 6.45) is 1.48. The summed E-state index contributed by atoms with van der Waals surface area (Å²) in [4.78, 5) is 8.77. The number of hydrogen-bond donors (Lipinski definition) is 0.